The highest BCUT2D eigenvalue weighted by Crippen LogP contribution is 2.20. The van der Waals surface area contributed by atoms with E-state index in [1.807, 2.05) is 0 Å². The molecule has 2 N–H and O–H groups in total. The van der Waals surface area contributed by atoms with Gasteiger partial charge in [-0.1, -0.05) is 12.1 Å². The van der Waals surface area contributed by atoms with E-state index in [4.69, 9.17) is 4.74 Å². The second-order valence-corrected chi connectivity index (χ2v) is 7.48. The van der Waals surface area contributed by atoms with Crippen molar-refractivity contribution in [2.45, 2.75) is 18.9 Å². The number of rotatable bonds is 4. The molecule has 0 radical (unpaired) electrons. The summed E-state index contributed by atoms with van der Waals surface area (Å²) in [6.45, 7) is 1.31. The summed E-state index contributed by atoms with van der Waals surface area (Å²) >= 11 is 4.56. The molecule has 6 nitrogen and oxygen atoms in total. The highest BCUT2D eigenvalue weighted by Gasteiger charge is 2.20. The van der Waals surface area contributed by atoms with Crippen molar-refractivity contribution in [1.82, 2.24) is 10.3 Å². The van der Waals surface area contributed by atoms with Crippen LogP contribution >= 0.6 is 27.3 Å². The lowest BCUT2D eigenvalue weighted by molar-refractivity contribution is 0.0697. The van der Waals surface area contributed by atoms with Gasteiger partial charge in [0.1, 0.15) is 5.69 Å². The third-order valence-electron chi connectivity index (χ3n) is 3.69. The third kappa shape index (κ3) is 4.19. The largest absolute Gasteiger partial charge is 0.381 e. The van der Waals surface area contributed by atoms with Gasteiger partial charge in [0.25, 0.3) is 11.8 Å². The summed E-state index contributed by atoms with van der Waals surface area (Å²) in [5.74, 6) is -0.541. The van der Waals surface area contributed by atoms with Crippen LogP contribution in [0.2, 0.25) is 0 Å². The molecule has 1 fully saturated rings. The fraction of sp³-hybridized carbons (Fsp3) is 0.312. The smallest absolute Gasteiger partial charge is 0.275 e. The number of benzene rings is 1. The van der Waals surface area contributed by atoms with E-state index in [-0.39, 0.29) is 17.9 Å². The number of nitrogens with zero attached hydrogens (tertiary/aromatic N) is 1. The fourth-order valence-electron chi connectivity index (χ4n) is 2.44. The molecule has 0 saturated carbocycles. The number of carbonyl (C=O) groups is 2. The number of hydrogen-bond donors (Lipinski definition) is 2. The number of para-hydroxylation sites is 1. The summed E-state index contributed by atoms with van der Waals surface area (Å²) < 4.78 is 5.93. The molecule has 1 saturated heterocycles. The third-order valence-corrected chi connectivity index (χ3v) is 5.05. The van der Waals surface area contributed by atoms with Crippen molar-refractivity contribution in [2.24, 2.45) is 0 Å². The highest BCUT2D eigenvalue weighted by molar-refractivity contribution is 9.11. The lowest BCUT2D eigenvalue weighted by atomic mass is 10.1. The maximum atomic E-state index is 12.5. The number of anilines is 1. The normalized spacial score (nSPS) is 15.0. The van der Waals surface area contributed by atoms with Crippen molar-refractivity contribution < 1.29 is 14.3 Å². The van der Waals surface area contributed by atoms with E-state index in [1.165, 1.54) is 11.3 Å². The molecule has 8 heteroatoms. The van der Waals surface area contributed by atoms with Gasteiger partial charge < -0.3 is 15.4 Å². The van der Waals surface area contributed by atoms with Crippen LogP contribution in [0.25, 0.3) is 0 Å². The Bertz CT molecular complexity index is 744. The predicted octanol–water partition coefficient (Wildman–Crippen LogP) is 3.07. The summed E-state index contributed by atoms with van der Waals surface area (Å²) in [6.07, 6.45) is 1.60. The van der Waals surface area contributed by atoms with Crippen LogP contribution in [0.1, 0.15) is 33.7 Å². The molecule has 2 amide bonds. The summed E-state index contributed by atoms with van der Waals surface area (Å²) in [5, 5.41) is 7.42. The first-order chi connectivity index (χ1) is 11.6. The van der Waals surface area contributed by atoms with Gasteiger partial charge in [-0.25, -0.2) is 4.98 Å². The van der Waals surface area contributed by atoms with Crippen molar-refractivity contribution in [3.63, 3.8) is 0 Å². The molecular formula is C16H16BrN3O3S. The maximum Gasteiger partial charge on any atom is 0.275 e. The fourth-order valence-corrected chi connectivity index (χ4v) is 3.43. The molecule has 0 spiro atoms. The molecule has 2 aromatic rings. The average Bonchev–Trinajstić information content (AvgIpc) is 3.03. The molecule has 1 aromatic heterocycles. The van der Waals surface area contributed by atoms with Crippen LogP contribution in [0.3, 0.4) is 0 Å². The van der Waals surface area contributed by atoms with E-state index in [0.29, 0.717) is 34.1 Å². The molecule has 2 heterocycles. The van der Waals surface area contributed by atoms with Gasteiger partial charge in [0.05, 0.1) is 11.3 Å². The first-order valence-electron chi connectivity index (χ1n) is 7.53. The van der Waals surface area contributed by atoms with Gasteiger partial charge in [0.2, 0.25) is 0 Å². The Morgan fingerprint density at radius 1 is 1.21 bits per heavy atom. The first-order valence-corrected chi connectivity index (χ1v) is 9.21. The molecule has 1 aliphatic rings. The highest BCUT2D eigenvalue weighted by atomic mass is 79.9. The van der Waals surface area contributed by atoms with Crippen molar-refractivity contribution >= 4 is 44.8 Å². The molecule has 1 aromatic carbocycles. The number of aromatic nitrogens is 1. The van der Waals surface area contributed by atoms with Crippen LogP contribution in [0.5, 0.6) is 0 Å². The quantitative estimate of drug-likeness (QED) is 0.812. The van der Waals surface area contributed by atoms with Gasteiger partial charge in [0.15, 0.2) is 3.92 Å². The standard InChI is InChI=1S/C16H16BrN3O3S/c17-16-20-13(9-24-16)15(22)19-12-4-2-1-3-11(12)14(21)18-10-5-7-23-8-6-10/h1-4,9-10H,5-8H2,(H,18,21)(H,19,22). The van der Waals surface area contributed by atoms with Crippen LogP contribution in [-0.2, 0) is 4.74 Å². The molecule has 1 aliphatic heterocycles. The van der Waals surface area contributed by atoms with Crippen molar-refractivity contribution in [3.05, 3.63) is 44.8 Å². The van der Waals surface area contributed by atoms with Gasteiger partial charge in [-0.3, -0.25) is 9.59 Å². The Labute approximate surface area is 151 Å². The second-order valence-electron chi connectivity index (χ2n) is 5.35. The van der Waals surface area contributed by atoms with E-state index >= 15 is 0 Å². The average molecular weight is 410 g/mol. The number of halogens is 1. The predicted molar refractivity (Wildman–Crippen MR) is 95.5 cm³/mol. The van der Waals surface area contributed by atoms with Crippen LogP contribution < -0.4 is 10.6 Å². The zero-order valence-electron chi connectivity index (χ0n) is 12.8. The number of thiazole rings is 1. The lowest BCUT2D eigenvalue weighted by Gasteiger charge is -2.23. The SMILES string of the molecule is O=C(Nc1ccccc1C(=O)NC1CCOCC1)c1csc(Br)n1. The Balaban J connectivity index is 1.72. The summed E-state index contributed by atoms with van der Waals surface area (Å²) in [5.41, 5.74) is 1.22. The number of hydrogen-bond acceptors (Lipinski definition) is 5. The van der Waals surface area contributed by atoms with Crippen LogP contribution in [0.15, 0.2) is 33.6 Å². The van der Waals surface area contributed by atoms with Gasteiger partial charge in [-0.2, -0.15) is 0 Å². The molecule has 3 rings (SSSR count). The molecule has 0 bridgehead atoms. The van der Waals surface area contributed by atoms with Gasteiger partial charge >= 0.3 is 0 Å². The van der Waals surface area contributed by atoms with E-state index in [2.05, 4.69) is 31.5 Å². The monoisotopic (exact) mass is 409 g/mol. The number of carbonyl (C=O) groups excluding carboxylic acids is 2. The first kappa shape index (κ1) is 17.1. The van der Waals surface area contributed by atoms with E-state index < -0.39 is 0 Å². The van der Waals surface area contributed by atoms with Crippen molar-refractivity contribution in [1.29, 1.82) is 0 Å². The molecule has 126 valence electrons. The number of ether oxygens (including phenoxy) is 1. The van der Waals surface area contributed by atoms with Crippen molar-refractivity contribution in [2.75, 3.05) is 18.5 Å². The van der Waals surface area contributed by atoms with Gasteiger partial charge in [-0.05, 0) is 40.9 Å². The van der Waals surface area contributed by atoms with Gasteiger partial charge in [0, 0.05) is 24.6 Å². The number of amides is 2. The molecule has 0 atom stereocenters. The minimum Gasteiger partial charge on any atom is -0.381 e. The molecule has 0 aliphatic carbocycles. The van der Waals surface area contributed by atoms with E-state index in [0.717, 1.165) is 12.8 Å². The van der Waals surface area contributed by atoms with E-state index in [1.54, 1.807) is 29.6 Å². The summed E-state index contributed by atoms with van der Waals surface area (Å²) in [4.78, 5) is 28.9. The van der Waals surface area contributed by atoms with Crippen LogP contribution in [-0.4, -0.2) is 36.1 Å². The number of nitrogens with one attached hydrogen (secondary N) is 2. The molecular weight excluding hydrogens is 394 g/mol. The summed E-state index contributed by atoms with van der Waals surface area (Å²) in [7, 11) is 0. The Kier molecular flexibility index (Phi) is 5.60. The second kappa shape index (κ2) is 7.87. The summed E-state index contributed by atoms with van der Waals surface area (Å²) in [6, 6.07) is 7.05. The molecule has 24 heavy (non-hydrogen) atoms. The maximum absolute atomic E-state index is 12.5. The Hall–Kier alpha value is -1.77. The zero-order chi connectivity index (χ0) is 16.9. The molecule has 0 unspecified atom stereocenters. The topological polar surface area (TPSA) is 80.3 Å². The minimum atomic E-state index is -0.344. The van der Waals surface area contributed by atoms with Crippen molar-refractivity contribution in [3.8, 4) is 0 Å². The zero-order valence-corrected chi connectivity index (χ0v) is 15.2. The van der Waals surface area contributed by atoms with Crippen LogP contribution in [0, 0.1) is 0 Å². The minimum absolute atomic E-state index is 0.101. The Morgan fingerprint density at radius 3 is 2.67 bits per heavy atom. The van der Waals surface area contributed by atoms with Gasteiger partial charge in [-0.15, -0.1) is 11.3 Å². The lowest BCUT2D eigenvalue weighted by Crippen LogP contribution is -2.39. The Morgan fingerprint density at radius 2 is 1.96 bits per heavy atom. The van der Waals surface area contributed by atoms with E-state index in [9.17, 15) is 9.59 Å². The van der Waals surface area contributed by atoms with Crippen LogP contribution in [0.4, 0.5) is 5.69 Å².